The lowest BCUT2D eigenvalue weighted by Gasteiger charge is -2.39. The minimum absolute atomic E-state index is 0.0939. The van der Waals surface area contributed by atoms with E-state index >= 15 is 0 Å². The van der Waals surface area contributed by atoms with E-state index in [9.17, 15) is 13.2 Å². The molecule has 0 radical (unpaired) electrons. The van der Waals surface area contributed by atoms with E-state index in [1.54, 1.807) is 17.9 Å². The van der Waals surface area contributed by atoms with E-state index in [2.05, 4.69) is 25.1 Å². The van der Waals surface area contributed by atoms with E-state index in [-0.39, 0.29) is 5.41 Å². The summed E-state index contributed by atoms with van der Waals surface area (Å²) in [6.45, 7) is 3.11. The molecule has 2 aliphatic heterocycles. The normalized spacial score (nSPS) is 18.7. The lowest BCUT2D eigenvalue weighted by Crippen LogP contribution is -2.42. The van der Waals surface area contributed by atoms with Crippen molar-refractivity contribution in [2.75, 3.05) is 36.0 Å². The van der Waals surface area contributed by atoms with Crippen molar-refractivity contribution in [3.63, 3.8) is 0 Å². The Morgan fingerprint density at radius 1 is 1.00 bits per heavy atom. The molecule has 3 aromatic rings. The maximum absolute atomic E-state index is 13.1. The Kier molecular flexibility index (Phi) is 4.99. The highest BCUT2D eigenvalue weighted by atomic mass is 32.1. The Morgan fingerprint density at radius 3 is 2.48 bits per heavy atom. The number of rotatable bonds is 3. The van der Waals surface area contributed by atoms with Crippen molar-refractivity contribution in [1.82, 2.24) is 25.1 Å². The first-order valence-electron chi connectivity index (χ1n) is 10.0. The molecular formula is C20H20F3N7S. The molecule has 0 aromatic carbocycles. The quantitative estimate of drug-likeness (QED) is 0.603. The van der Waals surface area contributed by atoms with Crippen LogP contribution in [0.5, 0.6) is 0 Å². The number of hydrogen-bond donors (Lipinski definition) is 0. The van der Waals surface area contributed by atoms with Gasteiger partial charge in [0.1, 0.15) is 22.8 Å². The average Bonchev–Trinajstić information content (AvgIpc) is 3.45. The zero-order valence-corrected chi connectivity index (χ0v) is 17.4. The number of hydrogen-bond acceptors (Lipinski definition) is 8. The smallest absolute Gasteiger partial charge is 0.356 e. The zero-order valence-electron chi connectivity index (χ0n) is 16.6. The molecule has 162 valence electrons. The van der Waals surface area contributed by atoms with Crippen molar-refractivity contribution in [2.45, 2.75) is 25.4 Å². The van der Waals surface area contributed by atoms with Crippen LogP contribution in [0.1, 0.15) is 24.8 Å². The highest BCUT2D eigenvalue weighted by molar-refractivity contribution is 7.12. The molecule has 2 saturated heterocycles. The van der Waals surface area contributed by atoms with Gasteiger partial charge in [-0.15, -0.1) is 10.2 Å². The van der Waals surface area contributed by atoms with Crippen molar-refractivity contribution >= 4 is 23.0 Å². The number of halogens is 3. The number of pyridine rings is 1. The molecule has 5 rings (SSSR count). The van der Waals surface area contributed by atoms with Crippen molar-refractivity contribution in [3.8, 4) is 10.7 Å². The van der Waals surface area contributed by atoms with Crippen LogP contribution in [0.4, 0.5) is 24.8 Å². The third kappa shape index (κ3) is 4.06. The second-order valence-electron chi connectivity index (χ2n) is 8.07. The molecule has 0 aliphatic carbocycles. The molecule has 0 unspecified atom stereocenters. The SMILES string of the molecule is FC(F)(F)c1ccnc(N2CCC3(CCN(c4cncc(-c5nncs5)n4)CC3)C2)c1. The summed E-state index contributed by atoms with van der Waals surface area (Å²) in [5.74, 6) is 1.22. The third-order valence-electron chi connectivity index (χ3n) is 6.18. The Balaban J connectivity index is 1.26. The molecule has 0 saturated carbocycles. The summed E-state index contributed by atoms with van der Waals surface area (Å²) in [7, 11) is 0. The highest BCUT2D eigenvalue weighted by Crippen LogP contribution is 2.43. The Morgan fingerprint density at radius 2 is 1.77 bits per heavy atom. The first kappa shape index (κ1) is 20.1. The minimum atomic E-state index is -4.36. The molecule has 0 N–H and O–H groups in total. The van der Waals surface area contributed by atoms with Gasteiger partial charge >= 0.3 is 6.18 Å². The summed E-state index contributed by atoms with van der Waals surface area (Å²) in [6.07, 6.45) is 3.19. The molecule has 3 aromatic heterocycles. The molecule has 1 spiro atoms. The molecule has 11 heteroatoms. The molecule has 0 bridgehead atoms. The minimum Gasteiger partial charge on any atom is -0.356 e. The molecule has 2 fully saturated rings. The van der Waals surface area contributed by atoms with Gasteiger partial charge in [-0.1, -0.05) is 11.3 Å². The van der Waals surface area contributed by atoms with E-state index in [0.29, 0.717) is 11.5 Å². The largest absolute Gasteiger partial charge is 0.416 e. The molecule has 31 heavy (non-hydrogen) atoms. The number of anilines is 2. The summed E-state index contributed by atoms with van der Waals surface area (Å²) in [5.41, 5.74) is 1.82. The Bertz CT molecular complexity index is 1050. The second-order valence-corrected chi connectivity index (χ2v) is 8.90. The Hall–Kier alpha value is -2.82. The van der Waals surface area contributed by atoms with Crippen molar-refractivity contribution in [3.05, 3.63) is 41.8 Å². The van der Waals surface area contributed by atoms with Gasteiger partial charge in [0.2, 0.25) is 0 Å². The fourth-order valence-electron chi connectivity index (χ4n) is 4.41. The maximum Gasteiger partial charge on any atom is 0.416 e. The van der Waals surface area contributed by atoms with Crippen molar-refractivity contribution in [1.29, 1.82) is 0 Å². The number of piperidine rings is 1. The van der Waals surface area contributed by atoms with Crippen LogP contribution in [0.2, 0.25) is 0 Å². The van der Waals surface area contributed by atoms with E-state index < -0.39 is 11.7 Å². The van der Waals surface area contributed by atoms with Crippen LogP contribution in [0, 0.1) is 5.41 Å². The number of alkyl halides is 3. The first-order chi connectivity index (χ1) is 14.9. The molecule has 7 nitrogen and oxygen atoms in total. The van der Waals surface area contributed by atoms with Crippen LogP contribution < -0.4 is 9.80 Å². The molecule has 0 atom stereocenters. The fraction of sp³-hybridized carbons (Fsp3) is 0.450. The van der Waals surface area contributed by atoms with Gasteiger partial charge in [-0.3, -0.25) is 4.98 Å². The van der Waals surface area contributed by atoms with E-state index in [1.807, 2.05) is 4.90 Å². The van der Waals surface area contributed by atoms with Crippen LogP contribution in [0.15, 0.2) is 36.2 Å². The summed E-state index contributed by atoms with van der Waals surface area (Å²) >= 11 is 1.42. The monoisotopic (exact) mass is 447 g/mol. The Labute approximate surface area is 181 Å². The van der Waals surface area contributed by atoms with Gasteiger partial charge in [0.15, 0.2) is 5.01 Å². The predicted octanol–water partition coefficient (Wildman–Crippen LogP) is 3.91. The number of aromatic nitrogens is 5. The van der Waals surface area contributed by atoms with E-state index in [0.717, 1.165) is 68.4 Å². The van der Waals surface area contributed by atoms with Crippen molar-refractivity contribution < 1.29 is 13.2 Å². The predicted molar refractivity (Wildman–Crippen MR) is 111 cm³/mol. The highest BCUT2D eigenvalue weighted by Gasteiger charge is 2.41. The van der Waals surface area contributed by atoms with Gasteiger partial charge < -0.3 is 9.80 Å². The maximum atomic E-state index is 13.1. The summed E-state index contributed by atoms with van der Waals surface area (Å²) in [4.78, 5) is 17.4. The summed E-state index contributed by atoms with van der Waals surface area (Å²) in [5, 5.41) is 8.65. The van der Waals surface area contributed by atoms with Gasteiger partial charge in [0.05, 0.1) is 18.0 Å². The molecule has 0 amide bonds. The van der Waals surface area contributed by atoms with Gasteiger partial charge in [0.25, 0.3) is 0 Å². The topological polar surface area (TPSA) is 70.9 Å². The van der Waals surface area contributed by atoms with Gasteiger partial charge in [0, 0.05) is 32.4 Å². The summed E-state index contributed by atoms with van der Waals surface area (Å²) in [6, 6.07) is 2.17. The standard InChI is InChI=1S/C20H20F3N7S/c21-20(22,23)14-1-5-25-16(9-14)30-8-4-19(12-30)2-6-29(7-3-19)17-11-24-10-15(27-17)18-28-26-13-31-18/h1,5,9-11,13H,2-4,6-8,12H2. The molecule has 5 heterocycles. The third-order valence-corrected chi connectivity index (χ3v) is 6.90. The number of nitrogens with zero attached hydrogens (tertiary/aromatic N) is 7. The van der Waals surface area contributed by atoms with E-state index in [4.69, 9.17) is 4.98 Å². The lowest BCUT2D eigenvalue weighted by atomic mass is 9.78. The second kappa shape index (κ2) is 7.70. The zero-order chi connectivity index (χ0) is 21.5. The first-order valence-corrected chi connectivity index (χ1v) is 10.9. The van der Waals surface area contributed by atoms with Gasteiger partial charge in [-0.2, -0.15) is 13.2 Å². The van der Waals surface area contributed by atoms with Crippen LogP contribution in [0.25, 0.3) is 10.7 Å². The fourth-order valence-corrected chi connectivity index (χ4v) is 4.92. The molecular weight excluding hydrogens is 427 g/mol. The average molecular weight is 447 g/mol. The lowest BCUT2D eigenvalue weighted by molar-refractivity contribution is -0.137. The molecule has 2 aliphatic rings. The summed E-state index contributed by atoms with van der Waals surface area (Å²) < 4.78 is 39.2. The van der Waals surface area contributed by atoms with Crippen molar-refractivity contribution in [2.24, 2.45) is 5.41 Å². The van der Waals surface area contributed by atoms with Crippen LogP contribution >= 0.6 is 11.3 Å². The van der Waals surface area contributed by atoms with Crippen LogP contribution in [0.3, 0.4) is 0 Å². The van der Waals surface area contributed by atoms with E-state index in [1.165, 1.54) is 17.5 Å². The van der Waals surface area contributed by atoms with Crippen LogP contribution in [-0.4, -0.2) is 51.3 Å². The van der Waals surface area contributed by atoms with Gasteiger partial charge in [-0.25, -0.2) is 9.97 Å². The van der Waals surface area contributed by atoms with Crippen LogP contribution in [-0.2, 0) is 6.18 Å². The van der Waals surface area contributed by atoms with Gasteiger partial charge in [-0.05, 0) is 36.8 Å².